The molecular weight excluding hydrogens is 244 g/mol. The van der Waals surface area contributed by atoms with Crippen LogP contribution in [-0.4, -0.2) is 47.4 Å². The van der Waals surface area contributed by atoms with Crippen LogP contribution in [0.1, 0.15) is 12.8 Å². The van der Waals surface area contributed by atoms with E-state index < -0.39 is 16.1 Å². The second kappa shape index (κ2) is 4.46. The third-order valence-corrected chi connectivity index (χ3v) is 3.96. The zero-order valence-electron chi connectivity index (χ0n) is 9.38. The fourth-order valence-corrected chi connectivity index (χ4v) is 3.06. The minimum atomic E-state index is -3.33. The maximum Gasteiger partial charge on any atom is 0.245 e. The third-order valence-electron chi connectivity index (χ3n) is 2.67. The molecule has 2 N–H and O–H groups in total. The summed E-state index contributed by atoms with van der Waals surface area (Å²) in [5.41, 5.74) is 0. The van der Waals surface area contributed by atoms with Crippen molar-refractivity contribution in [1.29, 1.82) is 0 Å². The van der Waals surface area contributed by atoms with Gasteiger partial charge < -0.3 is 4.98 Å². The number of carbonyl (C=O) groups excluding carboxylic acids is 1. The van der Waals surface area contributed by atoms with Crippen molar-refractivity contribution in [3.8, 4) is 0 Å². The molecule has 1 aromatic rings. The lowest BCUT2D eigenvalue weighted by Crippen LogP contribution is -2.42. The Labute approximate surface area is 99.3 Å². The summed E-state index contributed by atoms with van der Waals surface area (Å²) in [7, 11) is -3.33. The Hall–Kier alpha value is -1.41. The summed E-state index contributed by atoms with van der Waals surface area (Å²) in [6.45, 7) is 0.398. The van der Waals surface area contributed by atoms with Gasteiger partial charge in [0.05, 0.1) is 6.26 Å². The van der Waals surface area contributed by atoms with Gasteiger partial charge in [0.25, 0.3) is 0 Å². The van der Waals surface area contributed by atoms with Crippen molar-refractivity contribution in [1.82, 2.24) is 14.3 Å². The van der Waals surface area contributed by atoms with E-state index in [1.165, 1.54) is 10.5 Å². The molecule has 1 saturated heterocycles. The molecule has 8 heteroatoms. The molecule has 2 rings (SSSR count). The number of aromatic amines is 1. The van der Waals surface area contributed by atoms with Gasteiger partial charge in [-0.05, 0) is 12.8 Å². The number of anilines is 1. The van der Waals surface area contributed by atoms with Crippen LogP contribution in [0.5, 0.6) is 0 Å². The lowest BCUT2D eigenvalue weighted by atomic mass is 10.2. The average molecular weight is 258 g/mol. The summed E-state index contributed by atoms with van der Waals surface area (Å²) < 4.78 is 24.2. The van der Waals surface area contributed by atoms with Gasteiger partial charge in [-0.15, -0.1) is 0 Å². The number of amides is 1. The van der Waals surface area contributed by atoms with E-state index in [1.807, 2.05) is 0 Å². The van der Waals surface area contributed by atoms with Gasteiger partial charge in [-0.3, -0.25) is 10.1 Å². The summed E-state index contributed by atoms with van der Waals surface area (Å²) in [5.74, 6) is -0.0155. The molecule has 0 aromatic carbocycles. The van der Waals surface area contributed by atoms with E-state index >= 15 is 0 Å². The quantitative estimate of drug-likeness (QED) is 0.783. The van der Waals surface area contributed by atoms with Gasteiger partial charge >= 0.3 is 0 Å². The first-order valence-electron chi connectivity index (χ1n) is 5.25. The lowest BCUT2D eigenvalue weighted by Gasteiger charge is -2.20. The van der Waals surface area contributed by atoms with Gasteiger partial charge in [-0.1, -0.05) is 0 Å². The first-order chi connectivity index (χ1) is 7.98. The van der Waals surface area contributed by atoms with E-state index in [4.69, 9.17) is 0 Å². The molecule has 0 saturated carbocycles. The molecule has 1 fully saturated rings. The summed E-state index contributed by atoms with van der Waals surface area (Å²) >= 11 is 0. The fourth-order valence-electron chi connectivity index (χ4n) is 1.93. The molecule has 2 heterocycles. The summed E-state index contributed by atoms with van der Waals surface area (Å²) in [4.78, 5) is 18.5. The smallest absolute Gasteiger partial charge is 0.245 e. The maximum atomic E-state index is 11.9. The highest BCUT2D eigenvalue weighted by Gasteiger charge is 2.36. The largest absolute Gasteiger partial charge is 0.331 e. The molecule has 1 amide bonds. The standard InChI is InChI=1S/C9H14N4O3S/c1-17(15,16)13-6-2-3-7(13)8(14)12-9-10-4-5-11-9/h4-5,7H,2-3,6H2,1H3,(H2,10,11,12,14). The molecule has 0 spiro atoms. The van der Waals surface area contributed by atoms with Crippen molar-refractivity contribution < 1.29 is 13.2 Å². The highest BCUT2D eigenvalue weighted by molar-refractivity contribution is 7.88. The second-order valence-corrected chi connectivity index (χ2v) is 5.89. The molecular formula is C9H14N4O3S. The van der Waals surface area contributed by atoms with Crippen LogP contribution in [0.3, 0.4) is 0 Å². The highest BCUT2D eigenvalue weighted by atomic mass is 32.2. The Bertz CT molecular complexity index is 496. The minimum Gasteiger partial charge on any atom is -0.331 e. The predicted octanol–water partition coefficient (Wildman–Crippen LogP) is -0.228. The van der Waals surface area contributed by atoms with Crippen LogP contribution in [0.2, 0.25) is 0 Å². The Balaban J connectivity index is 2.09. The van der Waals surface area contributed by atoms with E-state index in [0.29, 0.717) is 25.3 Å². The minimum absolute atomic E-state index is 0.329. The number of nitrogens with one attached hydrogen (secondary N) is 2. The Morgan fingerprint density at radius 1 is 1.65 bits per heavy atom. The number of rotatable bonds is 3. The van der Waals surface area contributed by atoms with Crippen LogP contribution in [0.15, 0.2) is 12.4 Å². The van der Waals surface area contributed by atoms with Crippen molar-refractivity contribution in [2.75, 3.05) is 18.1 Å². The summed E-state index contributed by atoms with van der Waals surface area (Å²) in [5, 5.41) is 2.55. The van der Waals surface area contributed by atoms with Crippen molar-refractivity contribution in [2.24, 2.45) is 0 Å². The zero-order chi connectivity index (χ0) is 12.5. The van der Waals surface area contributed by atoms with Crippen molar-refractivity contribution in [2.45, 2.75) is 18.9 Å². The molecule has 1 aliphatic heterocycles. The van der Waals surface area contributed by atoms with Crippen LogP contribution in [0.25, 0.3) is 0 Å². The van der Waals surface area contributed by atoms with Gasteiger partial charge in [-0.2, -0.15) is 4.31 Å². The van der Waals surface area contributed by atoms with Crippen molar-refractivity contribution >= 4 is 21.9 Å². The van der Waals surface area contributed by atoms with E-state index in [2.05, 4.69) is 15.3 Å². The SMILES string of the molecule is CS(=O)(=O)N1CCCC1C(=O)Nc1ncc[nH]1. The van der Waals surface area contributed by atoms with Crippen molar-refractivity contribution in [3.63, 3.8) is 0 Å². The molecule has 0 bridgehead atoms. The second-order valence-electron chi connectivity index (χ2n) is 3.96. The molecule has 0 radical (unpaired) electrons. The van der Waals surface area contributed by atoms with Gasteiger partial charge in [-0.25, -0.2) is 13.4 Å². The van der Waals surface area contributed by atoms with E-state index in [1.54, 1.807) is 6.20 Å². The average Bonchev–Trinajstić information content (AvgIpc) is 2.85. The first-order valence-corrected chi connectivity index (χ1v) is 7.10. The van der Waals surface area contributed by atoms with Crippen LogP contribution in [-0.2, 0) is 14.8 Å². The zero-order valence-corrected chi connectivity index (χ0v) is 10.2. The van der Waals surface area contributed by atoms with E-state index in [9.17, 15) is 13.2 Å². The molecule has 1 atom stereocenters. The Morgan fingerprint density at radius 2 is 2.41 bits per heavy atom. The van der Waals surface area contributed by atoms with Crippen LogP contribution >= 0.6 is 0 Å². The van der Waals surface area contributed by atoms with Gasteiger partial charge in [0.15, 0.2) is 0 Å². The number of aromatic nitrogens is 2. The molecule has 94 valence electrons. The number of H-pyrrole nitrogens is 1. The van der Waals surface area contributed by atoms with E-state index in [0.717, 1.165) is 6.26 Å². The first kappa shape index (κ1) is 12.1. The van der Waals surface area contributed by atoms with Crippen LogP contribution in [0, 0.1) is 0 Å². The maximum absolute atomic E-state index is 11.9. The van der Waals surface area contributed by atoms with Crippen LogP contribution in [0.4, 0.5) is 5.95 Å². The number of nitrogens with zero attached hydrogens (tertiary/aromatic N) is 2. The molecule has 1 unspecified atom stereocenters. The normalized spacial score (nSPS) is 21.6. The number of sulfonamides is 1. The number of imidazole rings is 1. The Kier molecular flexibility index (Phi) is 3.16. The summed E-state index contributed by atoms with van der Waals surface area (Å²) in [6, 6.07) is -0.630. The monoisotopic (exact) mass is 258 g/mol. The highest BCUT2D eigenvalue weighted by Crippen LogP contribution is 2.21. The number of hydrogen-bond acceptors (Lipinski definition) is 4. The number of carbonyl (C=O) groups is 1. The third kappa shape index (κ3) is 2.64. The molecule has 1 aromatic heterocycles. The molecule has 7 nitrogen and oxygen atoms in total. The van der Waals surface area contributed by atoms with Gasteiger partial charge in [0, 0.05) is 18.9 Å². The van der Waals surface area contributed by atoms with Gasteiger partial charge in [0.1, 0.15) is 6.04 Å². The number of hydrogen-bond donors (Lipinski definition) is 2. The van der Waals surface area contributed by atoms with E-state index in [-0.39, 0.29) is 5.91 Å². The molecule has 17 heavy (non-hydrogen) atoms. The van der Waals surface area contributed by atoms with Gasteiger partial charge in [0.2, 0.25) is 21.9 Å². The summed E-state index contributed by atoms with van der Waals surface area (Å²) in [6.07, 6.45) is 5.45. The Morgan fingerprint density at radius 3 is 3.00 bits per heavy atom. The predicted molar refractivity (Wildman–Crippen MR) is 61.8 cm³/mol. The lowest BCUT2D eigenvalue weighted by molar-refractivity contribution is -0.119. The van der Waals surface area contributed by atoms with Crippen molar-refractivity contribution in [3.05, 3.63) is 12.4 Å². The van der Waals surface area contributed by atoms with Crippen LogP contribution < -0.4 is 5.32 Å². The molecule has 1 aliphatic rings. The fraction of sp³-hybridized carbons (Fsp3) is 0.556. The molecule has 0 aliphatic carbocycles. The topological polar surface area (TPSA) is 95.2 Å².